The lowest BCUT2D eigenvalue weighted by atomic mass is 9.79. The molecule has 63 heavy (non-hydrogen) atoms. The maximum Gasteiger partial charge on any atom is 0.0467 e. The summed E-state index contributed by atoms with van der Waals surface area (Å²) in [5.41, 5.74) is 21.5. The Morgan fingerprint density at radius 1 is 0.286 bits per heavy atom. The third kappa shape index (κ3) is 5.76. The van der Waals surface area contributed by atoms with Crippen molar-refractivity contribution >= 4 is 38.6 Å². The van der Waals surface area contributed by atoms with E-state index in [1.807, 2.05) is 0 Å². The highest BCUT2D eigenvalue weighted by atomic mass is 15.1. The Balaban J connectivity index is 0.964. The Kier molecular flexibility index (Phi) is 8.30. The Hall–Kier alpha value is -7.48. The van der Waals surface area contributed by atoms with Crippen LogP contribution in [0.15, 0.2) is 212 Å². The normalized spacial score (nSPS) is 14.0. The molecule has 0 bridgehead atoms. The molecule has 0 N–H and O–H groups in total. The van der Waals surface area contributed by atoms with Gasteiger partial charge in [-0.25, -0.2) is 0 Å². The predicted molar refractivity (Wildman–Crippen MR) is 268 cm³/mol. The van der Waals surface area contributed by atoms with Crippen LogP contribution in [0.1, 0.15) is 49.9 Å². The van der Waals surface area contributed by atoms with Crippen molar-refractivity contribution in [1.29, 1.82) is 0 Å². The van der Waals surface area contributed by atoms with E-state index in [0.29, 0.717) is 0 Å². The van der Waals surface area contributed by atoms with Crippen LogP contribution in [0.25, 0.3) is 77.2 Å². The fourth-order valence-corrected chi connectivity index (χ4v) is 11.1. The molecule has 0 atom stereocenters. The van der Waals surface area contributed by atoms with Crippen molar-refractivity contribution < 1.29 is 0 Å². The van der Waals surface area contributed by atoms with E-state index in [-0.39, 0.29) is 10.8 Å². The minimum absolute atomic E-state index is 0.0491. The summed E-state index contributed by atoms with van der Waals surface area (Å²) in [4.78, 5) is 2.42. The van der Waals surface area contributed by atoms with Crippen LogP contribution in [0.5, 0.6) is 0 Å². The highest BCUT2D eigenvalue weighted by Crippen LogP contribution is 2.53. The van der Waals surface area contributed by atoms with Gasteiger partial charge in [-0.1, -0.05) is 198 Å². The van der Waals surface area contributed by atoms with E-state index in [0.717, 1.165) is 17.1 Å². The molecule has 0 saturated carbocycles. The van der Waals surface area contributed by atoms with E-state index < -0.39 is 0 Å². The lowest BCUT2D eigenvalue weighted by Crippen LogP contribution is -2.16. The zero-order valence-electron chi connectivity index (χ0n) is 36.2. The minimum atomic E-state index is -0.118. The fraction of sp³-hybridized carbons (Fsp3) is 0.0968. The van der Waals surface area contributed by atoms with Gasteiger partial charge < -0.3 is 4.90 Å². The Bertz CT molecular complexity index is 3440. The summed E-state index contributed by atoms with van der Waals surface area (Å²) < 4.78 is 0. The molecule has 0 spiro atoms. The smallest absolute Gasteiger partial charge is 0.0467 e. The maximum atomic E-state index is 2.42. The predicted octanol–water partition coefficient (Wildman–Crippen LogP) is 17.1. The summed E-state index contributed by atoms with van der Waals surface area (Å²) in [6.45, 7) is 9.46. The van der Waals surface area contributed by atoms with Gasteiger partial charge in [-0.05, 0) is 142 Å². The van der Waals surface area contributed by atoms with Crippen LogP contribution in [0.2, 0.25) is 0 Å². The van der Waals surface area contributed by atoms with Gasteiger partial charge in [0.2, 0.25) is 0 Å². The molecule has 0 saturated heterocycles. The summed E-state index contributed by atoms with van der Waals surface area (Å²) in [5.74, 6) is 0. The van der Waals surface area contributed by atoms with Gasteiger partial charge in [-0.3, -0.25) is 0 Å². The van der Waals surface area contributed by atoms with Crippen molar-refractivity contribution in [3.05, 3.63) is 235 Å². The molecule has 10 aromatic carbocycles. The maximum absolute atomic E-state index is 2.42. The summed E-state index contributed by atoms with van der Waals surface area (Å²) >= 11 is 0. The van der Waals surface area contributed by atoms with Crippen LogP contribution in [0, 0.1) is 0 Å². The number of nitrogens with zero attached hydrogens (tertiary/aromatic N) is 1. The molecule has 0 aromatic heterocycles. The van der Waals surface area contributed by atoms with Crippen molar-refractivity contribution in [3.8, 4) is 55.6 Å². The molecular weight excluding hydrogens is 759 g/mol. The molecule has 0 heterocycles. The van der Waals surface area contributed by atoms with Crippen LogP contribution < -0.4 is 4.90 Å². The highest BCUT2D eigenvalue weighted by molar-refractivity contribution is 6.12. The number of rotatable bonds is 6. The van der Waals surface area contributed by atoms with Gasteiger partial charge >= 0.3 is 0 Å². The van der Waals surface area contributed by atoms with E-state index in [1.54, 1.807) is 0 Å². The molecule has 0 aliphatic heterocycles. The fourth-order valence-electron chi connectivity index (χ4n) is 11.1. The second-order valence-electron chi connectivity index (χ2n) is 18.5. The quantitative estimate of drug-likeness (QED) is 0.151. The molecular formula is C62H47N. The third-order valence-electron chi connectivity index (χ3n) is 14.3. The van der Waals surface area contributed by atoms with Gasteiger partial charge in [0.05, 0.1) is 0 Å². The SMILES string of the molecule is CC1(C)c2ccccc2-c2ccc(-c3ccc(N(c4ccc(-c5cccc6c5ccc5ccccc56)cc4)c4cccc(-c5cccc6c5C(C)(C)c5ccccc5-6)c4)cc3)cc21. The van der Waals surface area contributed by atoms with E-state index in [1.165, 1.54) is 99.4 Å². The van der Waals surface area contributed by atoms with Crippen LogP contribution >= 0.6 is 0 Å². The van der Waals surface area contributed by atoms with Crippen LogP contribution in [0.4, 0.5) is 17.1 Å². The first-order valence-corrected chi connectivity index (χ1v) is 22.3. The topological polar surface area (TPSA) is 3.24 Å². The minimum Gasteiger partial charge on any atom is -0.310 e. The van der Waals surface area contributed by atoms with Gasteiger partial charge in [0, 0.05) is 27.9 Å². The molecule has 300 valence electrons. The Morgan fingerprint density at radius 2 is 0.841 bits per heavy atom. The molecule has 12 rings (SSSR count). The molecule has 0 amide bonds. The molecule has 2 aliphatic rings. The summed E-state index contributed by atoms with van der Waals surface area (Å²) in [5, 5.41) is 5.10. The average molecular weight is 806 g/mol. The van der Waals surface area contributed by atoms with Crippen molar-refractivity contribution in [2.75, 3.05) is 4.90 Å². The molecule has 1 nitrogen and oxygen atoms in total. The molecule has 0 unspecified atom stereocenters. The molecule has 2 aliphatic carbocycles. The summed E-state index contributed by atoms with van der Waals surface area (Å²) in [7, 11) is 0. The van der Waals surface area contributed by atoms with Crippen LogP contribution in [0.3, 0.4) is 0 Å². The van der Waals surface area contributed by atoms with Gasteiger partial charge in [0.25, 0.3) is 0 Å². The zero-order valence-corrected chi connectivity index (χ0v) is 36.2. The first-order valence-electron chi connectivity index (χ1n) is 22.3. The van der Waals surface area contributed by atoms with E-state index >= 15 is 0 Å². The van der Waals surface area contributed by atoms with Gasteiger partial charge in [0.1, 0.15) is 0 Å². The first-order chi connectivity index (χ1) is 30.8. The van der Waals surface area contributed by atoms with Crippen molar-refractivity contribution in [3.63, 3.8) is 0 Å². The van der Waals surface area contributed by atoms with E-state index in [9.17, 15) is 0 Å². The Labute approximate surface area is 370 Å². The molecule has 0 fully saturated rings. The summed E-state index contributed by atoms with van der Waals surface area (Å²) in [6, 6.07) is 79.0. The van der Waals surface area contributed by atoms with Crippen LogP contribution in [-0.4, -0.2) is 0 Å². The van der Waals surface area contributed by atoms with Gasteiger partial charge in [-0.2, -0.15) is 0 Å². The summed E-state index contributed by atoms with van der Waals surface area (Å²) in [6.07, 6.45) is 0. The monoisotopic (exact) mass is 805 g/mol. The van der Waals surface area contributed by atoms with Crippen molar-refractivity contribution in [2.45, 2.75) is 38.5 Å². The number of benzene rings is 10. The zero-order chi connectivity index (χ0) is 42.5. The number of hydrogen-bond donors (Lipinski definition) is 0. The standard InChI is InChI=1S/C62H47N/c1-61(2)57-24-9-7-18-53(57)55-37-31-43(39-59(55)61)40-26-32-45(33-27-40)63(46-34-28-42(29-35-46)49-20-12-22-51-48-17-6-5-14-41(48)30-36-52(49)51)47-16-11-15-44(38-47)50-21-13-23-56-54-19-8-10-25-58(54)62(3,4)60(50)56/h5-39H,1-4H3. The average Bonchev–Trinajstić information content (AvgIpc) is 3.71. The lowest BCUT2D eigenvalue weighted by molar-refractivity contribution is 0.660. The van der Waals surface area contributed by atoms with Gasteiger partial charge in [0.15, 0.2) is 0 Å². The van der Waals surface area contributed by atoms with Crippen LogP contribution in [-0.2, 0) is 10.8 Å². The largest absolute Gasteiger partial charge is 0.310 e. The van der Waals surface area contributed by atoms with Gasteiger partial charge in [-0.15, -0.1) is 0 Å². The number of fused-ring (bicyclic) bond motifs is 9. The second kappa shape index (κ2) is 14.0. The molecule has 1 heteroatoms. The molecule has 10 aromatic rings. The van der Waals surface area contributed by atoms with E-state index in [2.05, 4.69) is 245 Å². The first kappa shape index (κ1) is 37.3. The lowest BCUT2D eigenvalue weighted by Gasteiger charge is -2.28. The van der Waals surface area contributed by atoms with E-state index in [4.69, 9.17) is 0 Å². The van der Waals surface area contributed by atoms with Crippen molar-refractivity contribution in [2.24, 2.45) is 0 Å². The number of hydrogen-bond acceptors (Lipinski definition) is 1. The van der Waals surface area contributed by atoms with Crippen molar-refractivity contribution in [1.82, 2.24) is 0 Å². The third-order valence-corrected chi connectivity index (χ3v) is 14.3. The highest BCUT2D eigenvalue weighted by Gasteiger charge is 2.38. The Morgan fingerprint density at radius 3 is 1.62 bits per heavy atom. The number of anilines is 3. The second-order valence-corrected chi connectivity index (χ2v) is 18.5. The molecule has 0 radical (unpaired) electrons.